The van der Waals surface area contributed by atoms with Crippen LogP contribution in [-0.2, 0) is 11.3 Å². The van der Waals surface area contributed by atoms with E-state index in [1.807, 2.05) is 32.1 Å². The van der Waals surface area contributed by atoms with E-state index in [2.05, 4.69) is 44.4 Å². The first-order valence-electron chi connectivity index (χ1n) is 8.33. The van der Waals surface area contributed by atoms with Crippen LogP contribution in [0.5, 0.6) is 0 Å². The highest BCUT2D eigenvalue weighted by molar-refractivity contribution is 7.12. The van der Waals surface area contributed by atoms with Crippen molar-refractivity contribution < 1.29 is 9.53 Å². The number of rotatable bonds is 7. The highest BCUT2D eigenvalue weighted by atomic mass is 32.1. The van der Waals surface area contributed by atoms with Crippen LogP contribution in [0.1, 0.15) is 56.4 Å². The molecular weight excluding hydrogens is 308 g/mol. The van der Waals surface area contributed by atoms with Gasteiger partial charge in [0.15, 0.2) is 0 Å². The van der Waals surface area contributed by atoms with Gasteiger partial charge in [0.05, 0.1) is 0 Å². The predicted molar refractivity (Wildman–Crippen MR) is 98.1 cm³/mol. The number of ether oxygens (including phenoxy) is 1. The molecule has 1 rings (SSSR count). The maximum atomic E-state index is 11.8. The Balaban J connectivity index is 2.52. The van der Waals surface area contributed by atoms with Gasteiger partial charge in [-0.15, -0.1) is 11.3 Å². The molecule has 23 heavy (non-hydrogen) atoms. The summed E-state index contributed by atoms with van der Waals surface area (Å²) >= 11 is 1.83. The van der Waals surface area contributed by atoms with Crippen molar-refractivity contribution in [1.82, 2.24) is 10.6 Å². The molecule has 4 nitrogen and oxygen atoms in total. The second kappa shape index (κ2) is 8.69. The highest BCUT2D eigenvalue weighted by Gasteiger charge is 2.18. The van der Waals surface area contributed by atoms with Gasteiger partial charge in [-0.05, 0) is 58.6 Å². The molecule has 0 saturated carbocycles. The van der Waals surface area contributed by atoms with Crippen molar-refractivity contribution >= 4 is 17.4 Å². The standard InChI is InChI=1S/C18H32N2O2S/c1-12(2)8-16(11-20-17(21)22-18(5,6)7)19-10-15-9-13(3)23-14(15)4/h9,12,16,19H,8,10-11H2,1-7H3,(H,20,21). The zero-order chi connectivity index (χ0) is 17.6. The van der Waals surface area contributed by atoms with Gasteiger partial charge in [0.25, 0.3) is 0 Å². The molecule has 0 saturated heterocycles. The molecule has 0 aliphatic carbocycles. The number of amides is 1. The molecule has 132 valence electrons. The third kappa shape index (κ3) is 8.37. The van der Waals surface area contributed by atoms with Crippen molar-refractivity contribution in [3.8, 4) is 0 Å². The topological polar surface area (TPSA) is 50.4 Å². The van der Waals surface area contributed by atoms with E-state index >= 15 is 0 Å². The minimum Gasteiger partial charge on any atom is -0.444 e. The third-order valence-corrected chi connectivity index (χ3v) is 4.38. The molecule has 1 aromatic rings. The summed E-state index contributed by atoms with van der Waals surface area (Å²) < 4.78 is 5.30. The van der Waals surface area contributed by atoms with Gasteiger partial charge in [-0.3, -0.25) is 0 Å². The molecule has 0 aromatic carbocycles. The molecule has 0 fully saturated rings. The van der Waals surface area contributed by atoms with Gasteiger partial charge in [-0.2, -0.15) is 0 Å². The van der Waals surface area contributed by atoms with Crippen LogP contribution in [0.4, 0.5) is 4.79 Å². The fraction of sp³-hybridized carbons (Fsp3) is 0.722. The van der Waals surface area contributed by atoms with E-state index in [1.54, 1.807) is 0 Å². The van der Waals surface area contributed by atoms with E-state index < -0.39 is 5.60 Å². The van der Waals surface area contributed by atoms with Crippen LogP contribution in [0.15, 0.2) is 6.07 Å². The summed E-state index contributed by atoms with van der Waals surface area (Å²) in [7, 11) is 0. The molecule has 0 aliphatic heterocycles. The Hall–Kier alpha value is -1.07. The van der Waals surface area contributed by atoms with Crippen LogP contribution in [0.3, 0.4) is 0 Å². The van der Waals surface area contributed by atoms with Gasteiger partial charge >= 0.3 is 6.09 Å². The van der Waals surface area contributed by atoms with Crippen LogP contribution in [-0.4, -0.2) is 24.3 Å². The lowest BCUT2D eigenvalue weighted by atomic mass is 10.0. The Kier molecular flexibility index (Phi) is 7.55. The van der Waals surface area contributed by atoms with E-state index in [0.717, 1.165) is 13.0 Å². The van der Waals surface area contributed by atoms with Gasteiger partial charge in [-0.1, -0.05) is 13.8 Å². The van der Waals surface area contributed by atoms with E-state index in [-0.39, 0.29) is 12.1 Å². The summed E-state index contributed by atoms with van der Waals surface area (Å²) in [5.74, 6) is 0.568. The minimum absolute atomic E-state index is 0.238. The first kappa shape index (κ1) is 20.0. The number of carbonyl (C=O) groups is 1. The van der Waals surface area contributed by atoms with Crippen molar-refractivity contribution in [2.24, 2.45) is 5.92 Å². The van der Waals surface area contributed by atoms with Crippen molar-refractivity contribution in [2.45, 2.75) is 73.1 Å². The molecule has 0 aliphatic rings. The van der Waals surface area contributed by atoms with Gasteiger partial charge < -0.3 is 15.4 Å². The Morgan fingerprint density at radius 3 is 2.43 bits per heavy atom. The number of hydrogen-bond donors (Lipinski definition) is 2. The van der Waals surface area contributed by atoms with E-state index in [0.29, 0.717) is 12.5 Å². The van der Waals surface area contributed by atoms with Crippen molar-refractivity contribution in [1.29, 1.82) is 0 Å². The molecule has 1 amide bonds. The van der Waals surface area contributed by atoms with Crippen LogP contribution < -0.4 is 10.6 Å². The molecule has 2 N–H and O–H groups in total. The Bertz CT molecular complexity index is 504. The van der Waals surface area contributed by atoms with Gasteiger partial charge in [0.2, 0.25) is 0 Å². The quantitative estimate of drug-likeness (QED) is 0.774. The lowest BCUT2D eigenvalue weighted by molar-refractivity contribution is 0.0521. The fourth-order valence-corrected chi connectivity index (χ4v) is 3.39. The first-order valence-corrected chi connectivity index (χ1v) is 9.14. The van der Waals surface area contributed by atoms with Crippen LogP contribution in [0.2, 0.25) is 0 Å². The summed E-state index contributed by atoms with van der Waals surface area (Å²) in [6.45, 7) is 15.7. The van der Waals surface area contributed by atoms with E-state index in [1.165, 1.54) is 15.3 Å². The molecule has 1 aromatic heterocycles. The number of alkyl carbamates (subject to hydrolysis) is 1. The van der Waals surface area contributed by atoms with E-state index in [9.17, 15) is 4.79 Å². The Labute approximate surface area is 145 Å². The lowest BCUT2D eigenvalue weighted by Crippen LogP contribution is -2.43. The van der Waals surface area contributed by atoms with E-state index in [4.69, 9.17) is 4.74 Å². The lowest BCUT2D eigenvalue weighted by Gasteiger charge is -2.23. The normalized spacial score (nSPS) is 13.2. The number of carbonyl (C=O) groups excluding carboxylic acids is 1. The second-order valence-electron chi connectivity index (χ2n) is 7.53. The molecule has 1 atom stereocenters. The average molecular weight is 341 g/mol. The molecule has 0 spiro atoms. The van der Waals surface area contributed by atoms with Crippen molar-refractivity contribution in [3.63, 3.8) is 0 Å². The zero-order valence-electron chi connectivity index (χ0n) is 15.6. The number of aryl methyl sites for hydroxylation is 2. The van der Waals surface area contributed by atoms with Crippen LogP contribution >= 0.6 is 11.3 Å². The second-order valence-corrected chi connectivity index (χ2v) is 8.99. The SMILES string of the molecule is Cc1cc(CNC(CNC(=O)OC(C)(C)C)CC(C)C)c(C)s1. The summed E-state index contributed by atoms with van der Waals surface area (Å²) in [6.07, 6.45) is 0.661. The van der Waals surface area contributed by atoms with Crippen LogP contribution in [0.25, 0.3) is 0 Å². The summed E-state index contributed by atoms with van der Waals surface area (Å²) in [4.78, 5) is 14.5. The number of nitrogens with one attached hydrogen (secondary N) is 2. The van der Waals surface area contributed by atoms with Crippen LogP contribution in [0, 0.1) is 19.8 Å². The molecule has 0 bridgehead atoms. The Morgan fingerprint density at radius 1 is 1.30 bits per heavy atom. The summed E-state index contributed by atoms with van der Waals surface area (Å²) in [6, 6.07) is 2.47. The molecule has 1 unspecified atom stereocenters. The van der Waals surface area contributed by atoms with Crippen molar-refractivity contribution in [2.75, 3.05) is 6.54 Å². The minimum atomic E-state index is -0.462. The molecule has 5 heteroatoms. The smallest absolute Gasteiger partial charge is 0.407 e. The molecule has 1 heterocycles. The van der Waals surface area contributed by atoms with Gasteiger partial charge in [0.1, 0.15) is 5.60 Å². The third-order valence-electron chi connectivity index (χ3n) is 3.37. The summed E-state index contributed by atoms with van der Waals surface area (Å²) in [5, 5.41) is 6.46. The monoisotopic (exact) mass is 340 g/mol. The zero-order valence-corrected chi connectivity index (χ0v) is 16.4. The predicted octanol–water partition coefficient (Wildman–Crippen LogP) is 4.39. The Morgan fingerprint density at radius 2 is 1.96 bits per heavy atom. The summed E-state index contributed by atoms with van der Waals surface area (Å²) in [5.41, 5.74) is 0.884. The molecule has 0 radical (unpaired) electrons. The average Bonchev–Trinajstić information content (AvgIpc) is 2.68. The van der Waals surface area contributed by atoms with Crippen molar-refractivity contribution in [3.05, 3.63) is 21.4 Å². The maximum absolute atomic E-state index is 11.8. The van der Waals surface area contributed by atoms with Gasteiger partial charge in [0, 0.05) is 28.9 Å². The first-order chi connectivity index (χ1) is 10.6. The number of thiophene rings is 1. The van der Waals surface area contributed by atoms with Gasteiger partial charge in [-0.25, -0.2) is 4.79 Å². The number of hydrogen-bond acceptors (Lipinski definition) is 4. The maximum Gasteiger partial charge on any atom is 0.407 e. The fourth-order valence-electron chi connectivity index (χ4n) is 2.44. The largest absolute Gasteiger partial charge is 0.444 e. The highest BCUT2D eigenvalue weighted by Crippen LogP contribution is 2.20. The molecular formula is C18H32N2O2S.